The van der Waals surface area contributed by atoms with E-state index in [1.54, 1.807) is 6.07 Å². The fraction of sp³-hybridized carbons (Fsp3) is 0.286. The minimum Gasteiger partial charge on any atom is -0.404 e. The van der Waals surface area contributed by atoms with E-state index >= 15 is 0 Å². The van der Waals surface area contributed by atoms with Gasteiger partial charge >= 0.3 is 14.1 Å². The smallest absolute Gasteiger partial charge is 0.404 e. The van der Waals surface area contributed by atoms with Crippen LogP contribution in [0.3, 0.4) is 0 Å². The summed E-state index contributed by atoms with van der Waals surface area (Å²) in [5.74, 6) is -0.0839. The van der Waals surface area contributed by atoms with E-state index in [9.17, 15) is 17.7 Å². The summed E-state index contributed by atoms with van der Waals surface area (Å²) in [6, 6.07) is 4.51. The Labute approximate surface area is 135 Å². The van der Waals surface area contributed by atoms with Gasteiger partial charge in [-0.2, -0.15) is 13.2 Å². The van der Waals surface area contributed by atoms with Crippen molar-refractivity contribution >= 4 is 18.7 Å². The van der Waals surface area contributed by atoms with E-state index in [0.717, 1.165) is 6.08 Å². The highest BCUT2D eigenvalue weighted by Crippen LogP contribution is 2.41. The van der Waals surface area contributed by atoms with Crippen LogP contribution >= 0.6 is 7.82 Å². The molecule has 0 atom stereocenters. The number of hydrogen-bond donors (Lipinski definition) is 3. The number of rotatable bonds is 7. The third-order valence-electron chi connectivity index (χ3n) is 3.33. The molecule has 0 unspecified atom stereocenters. The lowest BCUT2D eigenvalue weighted by atomic mass is 10.1. The maximum Gasteiger partial charge on any atom is 0.524 e. The molecule has 0 amide bonds. The number of fused-ring (bicyclic) bond motifs is 1. The highest BCUT2D eigenvalue weighted by Gasteiger charge is 2.35. The molecule has 3 N–H and O–H groups in total. The van der Waals surface area contributed by atoms with Crippen molar-refractivity contribution in [2.24, 2.45) is 0 Å². The van der Waals surface area contributed by atoms with Crippen LogP contribution < -0.4 is 4.52 Å². The molecule has 0 saturated carbocycles. The second-order valence-electron chi connectivity index (χ2n) is 5.03. The molecule has 132 valence electrons. The molecule has 0 spiro atoms. The van der Waals surface area contributed by atoms with Crippen molar-refractivity contribution in [3.63, 3.8) is 0 Å². The monoisotopic (exact) mass is 364 g/mol. The summed E-state index contributed by atoms with van der Waals surface area (Å²) in [7, 11) is -4.78. The molecule has 0 saturated heterocycles. The molecule has 0 aliphatic carbocycles. The Balaban J connectivity index is 2.29. The van der Waals surface area contributed by atoms with Crippen molar-refractivity contribution in [3.8, 4) is 5.75 Å². The zero-order chi connectivity index (χ0) is 18.0. The fourth-order valence-electron chi connectivity index (χ4n) is 2.35. The summed E-state index contributed by atoms with van der Waals surface area (Å²) in [4.78, 5) is 21.1. The van der Waals surface area contributed by atoms with E-state index in [1.165, 1.54) is 18.3 Å². The van der Waals surface area contributed by atoms with Crippen LogP contribution in [0, 0.1) is 0 Å². The average molecular weight is 364 g/mol. The first kappa shape index (κ1) is 18.5. The number of H-pyrrole nitrogens is 1. The topological polar surface area (TPSA) is 85.8 Å². The summed E-state index contributed by atoms with van der Waals surface area (Å²) in [5.41, 5.74) is 0.977. The van der Waals surface area contributed by atoms with Gasteiger partial charge in [-0.1, -0.05) is 12.1 Å². The van der Waals surface area contributed by atoms with Gasteiger partial charge in [0.1, 0.15) is 5.75 Å². The first-order valence-corrected chi connectivity index (χ1v) is 8.41. The van der Waals surface area contributed by atoms with Crippen LogP contribution in [0.25, 0.3) is 10.9 Å². The van der Waals surface area contributed by atoms with E-state index in [4.69, 9.17) is 9.79 Å². The number of benzene rings is 1. The predicted molar refractivity (Wildman–Crippen MR) is 82.5 cm³/mol. The highest BCUT2D eigenvalue weighted by atomic mass is 31.2. The first-order valence-electron chi connectivity index (χ1n) is 6.88. The van der Waals surface area contributed by atoms with Crippen LogP contribution in [0.1, 0.15) is 5.56 Å². The van der Waals surface area contributed by atoms with E-state index in [-0.39, 0.29) is 25.3 Å². The zero-order valence-electron chi connectivity index (χ0n) is 12.5. The fourth-order valence-corrected chi connectivity index (χ4v) is 2.76. The minimum atomic E-state index is -4.78. The Bertz CT molecular complexity index is 769. The van der Waals surface area contributed by atoms with Gasteiger partial charge in [0.2, 0.25) is 0 Å². The van der Waals surface area contributed by atoms with Gasteiger partial charge in [0.15, 0.2) is 0 Å². The molecule has 1 aromatic carbocycles. The summed E-state index contributed by atoms with van der Waals surface area (Å²) in [6.45, 7) is 2.63. The molecule has 0 aliphatic heterocycles. The Morgan fingerprint density at radius 3 is 2.67 bits per heavy atom. The Morgan fingerprint density at radius 1 is 1.38 bits per heavy atom. The standard InChI is InChI=1S/C14H16F3N2O4P/c1-2-7-19(14(15,16)17)8-6-10-9-18-11-4-3-5-12(13(10)11)23-24(20,21)22/h2-5,9,18H,1,6-8H2,(H2,20,21,22). The quantitative estimate of drug-likeness (QED) is 0.399. The number of alkyl halides is 3. The van der Waals surface area contributed by atoms with Gasteiger partial charge in [-0.25, -0.2) is 9.46 Å². The number of nitrogens with zero attached hydrogens (tertiary/aromatic N) is 1. The number of aromatic nitrogens is 1. The van der Waals surface area contributed by atoms with E-state index in [1.807, 2.05) is 0 Å². The van der Waals surface area contributed by atoms with Gasteiger partial charge in [0.25, 0.3) is 0 Å². The Morgan fingerprint density at radius 2 is 2.08 bits per heavy atom. The van der Waals surface area contributed by atoms with Gasteiger partial charge in [-0.05, 0) is 24.1 Å². The SMILES string of the molecule is C=CCN(CCc1c[nH]c2cccc(OP(=O)(O)O)c12)C(F)(F)F. The molecule has 0 radical (unpaired) electrons. The molecule has 10 heteroatoms. The largest absolute Gasteiger partial charge is 0.524 e. The van der Waals surface area contributed by atoms with Crippen molar-refractivity contribution < 1.29 is 32.0 Å². The third-order valence-corrected chi connectivity index (χ3v) is 3.76. The lowest BCUT2D eigenvalue weighted by molar-refractivity contribution is -0.241. The summed E-state index contributed by atoms with van der Waals surface area (Å²) < 4.78 is 54.4. The van der Waals surface area contributed by atoms with Gasteiger partial charge < -0.3 is 9.51 Å². The number of hydrogen-bond acceptors (Lipinski definition) is 3. The molecule has 0 aliphatic rings. The molecule has 0 fully saturated rings. The van der Waals surface area contributed by atoms with Gasteiger partial charge in [0, 0.05) is 30.2 Å². The van der Waals surface area contributed by atoms with E-state index in [2.05, 4.69) is 16.1 Å². The number of halogens is 3. The summed E-state index contributed by atoms with van der Waals surface area (Å²) in [5, 5.41) is 0.349. The van der Waals surface area contributed by atoms with Crippen molar-refractivity contribution in [3.05, 3.63) is 42.6 Å². The number of nitrogens with one attached hydrogen (secondary N) is 1. The molecule has 2 aromatic rings. The Hall–Kier alpha value is -1.80. The molecule has 0 bridgehead atoms. The van der Waals surface area contributed by atoms with Crippen LogP contribution in [0.15, 0.2) is 37.1 Å². The number of phosphoric ester groups is 1. The lowest BCUT2D eigenvalue weighted by Gasteiger charge is -2.23. The molecule has 1 aromatic heterocycles. The molecule has 24 heavy (non-hydrogen) atoms. The van der Waals surface area contributed by atoms with Gasteiger partial charge in [-0.15, -0.1) is 6.58 Å². The first-order chi connectivity index (χ1) is 11.1. The molecule has 6 nitrogen and oxygen atoms in total. The van der Waals surface area contributed by atoms with Crippen molar-refractivity contribution in [2.45, 2.75) is 12.7 Å². The summed E-state index contributed by atoms with van der Waals surface area (Å²) in [6.07, 6.45) is -1.83. The zero-order valence-corrected chi connectivity index (χ0v) is 13.3. The molecular formula is C14H16F3N2O4P. The second kappa shape index (κ2) is 6.98. The van der Waals surface area contributed by atoms with Crippen LogP contribution in [0.2, 0.25) is 0 Å². The molecule has 2 rings (SSSR count). The van der Waals surface area contributed by atoms with E-state index in [0.29, 0.717) is 21.4 Å². The maximum atomic E-state index is 12.9. The second-order valence-corrected chi connectivity index (χ2v) is 6.19. The normalized spacial score (nSPS) is 12.8. The van der Waals surface area contributed by atoms with Gasteiger partial charge in [-0.3, -0.25) is 9.79 Å². The molecular weight excluding hydrogens is 348 g/mol. The van der Waals surface area contributed by atoms with Crippen molar-refractivity contribution in [2.75, 3.05) is 13.1 Å². The Kier molecular flexibility index (Phi) is 5.39. The van der Waals surface area contributed by atoms with Crippen molar-refractivity contribution in [1.29, 1.82) is 0 Å². The van der Waals surface area contributed by atoms with Gasteiger partial charge in [0.05, 0.1) is 0 Å². The van der Waals surface area contributed by atoms with Crippen LogP contribution in [0.5, 0.6) is 5.75 Å². The molecule has 1 heterocycles. The van der Waals surface area contributed by atoms with E-state index < -0.39 is 14.1 Å². The third kappa shape index (κ3) is 4.61. The number of aromatic amines is 1. The van der Waals surface area contributed by atoms with Crippen LogP contribution in [-0.4, -0.2) is 39.1 Å². The number of phosphoric acid groups is 1. The summed E-state index contributed by atoms with van der Waals surface area (Å²) >= 11 is 0. The van der Waals surface area contributed by atoms with Crippen LogP contribution in [-0.2, 0) is 11.0 Å². The average Bonchev–Trinajstić information content (AvgIpc) is 2.85. The van der Waals surface area contributed by atoms with Crippen molar-refractivity contribution in [1.82, 2.24) is 9.88 Å². The maximum absolute atomic E-state index is 12.9. The predicted octanol–water partition coefficient (Wildman–Crippen LogP) is 3.19. The van der Waals surface area contributed by atoms with Crippen LogP contribution in [0.4, 0.5) is 13.2 Å². The highest BCUT2D eigenvalue weighted by molar-refractivity contribution is 7.46. The lowest BCUT2D eigenvalue weighted by Crippen LogP contribution is -2.39. The minimum absolute atomic E-state index is 0.00881.